The standard InChI is InChI=1S/C11H16FNO2.ClH/c1-2-4-9(14)10(13)7-5-3-6-8(12)11(7)15;/h3,5-6,9-10,14-15H,2,4,13H2,1H3;1H/t9-,10+;/m1./s1. The Labute approximate surface area is 101 Å². The van der Waals surface area contributed by atoms with Crippen LogP contribution in [0.25, 0.3) is 0 Å². The normalized spacial score (nSPS) is 14.0. The molecule has 16 heavy (non-hydrogen) atoms. The number of aromatic hydroxyl groups is 1. The van der Waals surface area contributed by atoms with Gasteiger partial charge < -0.3 is 15.9 Å². The van der Waals surface area contributed by atoms with Crippen molar-refractivity contribution in [1.82, 2.24) is 0 Å². The van der Waals surface area contributed by atoms with Gasteiger partial charge in [-0.05, 0) is 12.5 Å². The molecule has 0 spiro atoms. The zero-order valence-electron chi connectivity index (χ0n) is 9.06. The lowest BCUT2D eigenvalue weighted by atomic mass is 9.98. The second kappa shape index (κ2) is 6.68. The van der Waals surface area contributed by atoms with Gasteiger partial charge in [-0.3, -0.25) is 0 Å². The first-order valence-electron chi connectivity index (χ1n) is 4.99. The SMILES string of the molecule is CCC[C@@H](O)[C@@H](N)c1cccc(F)c1O.Cl. The quantitative estimate of drug-likeness (QED) is 0.766. The van der Waals surface area contributed by atoms with E-state index in [0.29, 0.717) is 6.42 Å². The average molecular weight is 250 g/mol. The van der Waals surface area contributed by atoms with E-state index in [9.17, 15) is 14.6 Å². The van der Waals surface area contributed by atoms with Gasteiger partial charge in [0, 0.05) is 5.56 Å². The number of rotatable bonds is 4. The highest BCUT2D eigenvalue weighted by molar-refractivity contribution is 5.85. The Hall–Kier alpha value is -0.840. The maximum atomic E-state index is 13.0. The molecule has 0 unspecified atom stereocenters. The van der Waals surface area contributed by atoms with Gasteiger partial charge in [0.1, 0.15) is 0 Å². The second-order valence-electron chi connectivity index (χ2n) is 3.56. The van der Waals surface area contributed by atoms with Crippen LogP contribution >= 0.6 is 12.4 Å². The molecule has 0 aromatic heterocycles. The van der Waals surface area contributed by atoms with Gasteiger partial charge in [0.2, 0.25) is 0 Å². The summed E-state index contributed by atoms with van der Waals surface area (Å²) >= 11 is 0. The van der Waals surface area contributed by atoms with Crippen molar-refractivity contribution in [2.45, 2.75) is 31.9 Å². The van der Waals surface area contributed by atoms with Crippen molar-refractivity contribution >= 4 is 12.4 Å². The first-order chi connectivity index (χ1) is 7.07. The Morgan fingerprint density at radius 1 is 1.44 bits per heavy atom. The zero-order valence-corrected chi connectivity index (χ0v) is 9.88. The first kappa shape index (κ1) is 15.2. The summed E-state index contributed by atoms with van der Waals surface area (Å²) in [6.45, 7) is 1.92. The lowest BCUT2D eigenvalue weighted by molar-refractivity contribution is 0.133. The van der Waals surface area contributed by atoms with Gasteiger partial charge in [0.25, 0.3) is 0 Å². The van der Waals surface area contributed by atoms with Crippen molar-refractivity contribution in [1.29, 1.82) is 0 Å². The number of aliphatic hydroxyl groups excluding tert-OH is 1. The Morgan fingerprint density at radius 2 is 2.06 bits per heavy atom. The molecule has 0 saturated carbocycles. The van der Waals surface area contributed by atoms with Gasteiger partial charge in [-0.1, -0.05) is 25.5 Å². The highest BCUT2D eigenvalue weighted by Gasteiger charge is 2.20. The predicted octanol–water partition coefficient (Wildman–Crippen LogP) is 2.11. The fourth-order valence-electron chi connectivity index (χ4n) is 1.48. The lowest BCUT2D eigenvalue weighted by Crippen LogP contribution is -2.26. The van der Waals surface area contributed by atoms with Crippen molar-refractivity contribution in [3.05, 3.63) is 29.6 Å². The Kier molecular flexibility index (Phi) is 6.33. The van der Waals surface area contributed by atoms with Crippen LogP contribution in [0, 0.1) is 5.82 Å². The summed E-state index contributed by atoms with van der Waals surface area (Å²) in [7, 11) is 0. The number of phenolic OH excluding ortho intramolecular Hbond substituents is 1. The molecule has 4 N–H and O–H groups in total. The number of hydrogen-bond acceptors (Lipinski definition) is 3. The summed E-state index contributed by atoms with van der Waals surface area (Å²) in [4.78, 5) is 0. The van der Waals surface area contributed by atoms with Crippen LogP contribution in [0.1, 0.15) is 31.4 Å². The van der Waals surface area contributed by atoms with Crippen LogP contribution in [0.2, 0.25) is 0 Å². The van der Waals surface area contributed by atoms with Crippen LogP contribution < -0.4 is 5.73 Å². The maximum absolute atomic E-state index is 13.0. The molecule has 1 aromatic carbocycles. The summed E-state index contributed by atoms with van der Waals surface area (Å²) in [6, 6.07) is 3.38. The molecule has 0 bridgehead atoms. The fourth-order valence-corrected chi connectivity index (χ4v) is 1.48. The first-order valence-corrected chi connectivity index (χ1v) is 4.99. The zero-order chi connectivity index (χ0) is 11.4. The van der Waals surface area contributed by atoms with Gasteiger partial charge >= 0.3 is 0 Å². The van der Waals surface area contributed by atoms with Crippen LogP contribution in [0.4, 0.5) is 4.39 Å². The van der Waals surface area contributed by atoms with Crippen LogP contribution in [-0.2, 0) is 0 Å². The highest BCUT2D eigenvalue weighted by atomic mass is 35.5. The second-order valence-corrected chi connectivity index (χ2v) is 3.56. The smallest absolute Gasteiger partial charge is 0.165 e. The molecule has 5 heteroatoms. The molecule has 0 saturated heterocycles. The van der Waals surface area contributed by atoms with E-state index in [1.54, 1.807) is 0 Å². The van der Waals surface area contributed by atoms with Crippen molar-refractivity contribution in [2.75, 3.05) is 0 Å². The third-order valence-electron chi connectivity index (χ3n) is 2.38. The summed E-state index contributed by atoms with van der Waals surface area (Å²) < 4.78 is 13.0. The average Bonchev–Trinajstić information content (AvgIpc) is 2.21. The lowest BCUT2D eigenvalue weighted by Gasteiger charge is -2.19. The third kappa shape index (κ3) is 3.33. The minimum Gasteiger partial charge on any atom is -0.505 e. The molecule has 1 aromatic rings. The van der Waals surface area contributed by atoms with Gasteiger partial charge in [0.05, 0.1) is 12.1 Å². The molecule has 3 nitrogen and oxygen atoms in total. The maximum Gasteiger partial charge on any atom is 0.165 e. The van der Waals surface area contributed by atoms with Crippen molar-refractivity contribution in [2.24, 2.45) is 5.73 Å². The topological polar surface area (TPSA) is 66.5 Å². The summed E-state index contributed by atoms with van der Waals surface area (Å²) in [5.41, 5.74) is 5.96. The van der Waals surface area contributed by atoms with Crippen molar-refractivity contribution < 1.29 is 14.6 Å². The van der Waals surface area contributed by atoms with E-state index in [2.05, 4.69) is 0 Å². The van der Waals surface area contributed by atoms with Crippen LogP contribution in [0.5, 0.6) is 5.75 Å². The molecule has 0 aliphatic heterocycles. The number of halogens is 2. The van der Waals surface area contributed by atoms with Gasteiger partial charge in [0.15, 0.2) is 11.6 Å². The molecule has 2 atom stereocenters. The minimum absolute atomic E-state index is 0. The molecule has 0 aliphatic carbocycles. The molecule has 0 fully saturated rings. The van der Waals surface area contributed by atoms with Crippen LogP contribution in [0.15, 0.2) is 18.2 Å². The number of aliphatic hydroxyl groups is 1. The number of hydrogen-bond donors (Lipinski definition) is 3. The van der Waals surface area contributed by atoms with E-state index < -0.39 is 23.7 Å². The number of benzene rings is 1. The van der Waals surface area contributed by atoms with Gasteiger partial charge in [-0.2, -0.15) is 0 Å². The van der Waals surface area contributed by atoms with E-state index >= 15 is 0 Å². The summed E-state index contributed by atoms with van der Waals surface area (Å²) in [5, 5.41) is 19.0. The molecular weight excluding hydrogens is 233 g/mol. The molecule has 92 valence electrons. The molecule has 0 aliphatic rings. The van der Waals surface area contributed by atoms with Crippen LogP contribution in [0.3, 0.4) is 0 Å². The van der Waals surface area contributed by atoms with Gasteiger partial charge in [-0.15, -0.1) is 12.4 Å². The molecular formula is C11H17ClFNO2. The molecule has 0 heterocycles. The molecule has 1 rings (SSSR count). The van der Waals surface area contributed by atoms with Crippen molar-refractivity contribution in [3.8, 4) is 5.75 Å². The van der Waals surface area contributed by atoms with E-state index in [1.807, 2.05) is 6.92 Å². The van der Waals surface area contributed by atoms with E-state index in [4.69, 9.17) is 5.73 Å². The Balaban J connectivity index is 0.00000225. The van der Waals surface area contributed by atoms with Crippen molar-refractivity contribution in [3.63, 3.8) is 0 Å². The minimum atomic E-state index is -0.761. The summed E-state index contributed by atoms with van der Waals surface area (Å²) in [6.07, 6.45) is 0.546. The number of phenols is 1. The summed E-state index contributed by atoms with van der Waals surface area (Å²) in [5.74, 6) is -1.19. The number of para-hydroxylation sites is 1. The van der Waals surface area contributed by atoms with E-state index in [1.165, 1.54) is 12.1 Å². The predicted molar refractivity (Wildman–Crippen MR) is 63.2 cm³/mol. The van der Waals surface area contributed by atoms with Crippen LogP contribution in [-0.4, -0.2) is 16.3 Å². The van der Waals surface area contributed by atoms with E-state index in [0.717, 1.165) is 12.5 Å². The molecule has 0 radical (unpaired) electrons. The monoisotopic (exact) mass is 249 g/mol. The fraction of sp³-hybridized carbons (Fsp3) is 0.455. The van der Waals surface area contributed by atoms with E-state index in [-0.39, 0.29) is 18.0 Å². The largest absolute Gasteiger partial charge is 0.505 e. The highest BCUT2D eigenvalue weighted by Crippen LogP contribution is 2.28. The van der Waals surface area contributed by atoms with Gasteiger partial charge in [-0.25, -0.2) is 4.39 Å². The molecule has 0 amide bonds. The Bertz CT molecular complexity index is 336. The Morgan fingerprint density at radius 3 is 2.62 bits per heavy atom. The third-order valence-corrected chi connectivity index (χ3v) is 2.38. The number of nitrogens with two attached hydrogens (primary N) is 1.